The number of alkyl halides is 2. The molecule has 0 bridgehead atoms. The van der Waals surface area contributed by atoms with E-state index in [0.717, 1.165) is 18.4 Å². The van der Waals surface area contributed by atoms with Crippen LogP contribution in [0, 0.1) is 0 Å². The highest BCUT2D eigenvalue weighted by Crippen LogP contribution is 2.39. The third kappa shape index (κ3) is 3.93. The lowest BCUT2D eigenvalue weighted by Gasteiger charge is -2.27. The van der Waals surface area contributed by atoms with Crippen LogP contribution in [0.5, 0.6) is 5.75 Å². The molecule has 1 amide bonds. The van der Waals surface area contributed by atoms with Gasteiger partial charge in [-0.2, -0.15) is 8.78 Å². The first-order valence-corrected chi connectivity index (χ1v) is 9.97. The minimum Gasteiger partial charge on any atom is -0.465 e. The fourth-order valence-electron chi connectivity index (χ4n) is 2.59. The fourth-order valence-corrected chi connectivity index (χ4v) is 5.46. The van der Waals surface area contributed by atoms with Crippen LogP contribution < -0.4 is 9.64 Å². The molecule has 11 heteroatoms. The van der Waals surface area contributed by atoms with Gasteiger partial charge in [0.25, 0.3) is 0 Å². The molecule has 0 spiro atoms. The maximum atomic E-state index is 12.4. The van der Waals surface area contributed by atoms with E-state index < -0.39 is 34.1 Å². The minimum atomic E-state index is -3.87. The molecule has 144 valence electrons. The summed E-state index contributed by atoms with van der Waals surface area (Å²) in [5, 5.41) is 0. The van der Waals surface area contributed by atoms with Gasteiger partial charge in [-0.25, -0.2) is 13.2 Å². The zero-order valence-electron chi connectivity index (χ0n) is 13.8. The fraction of sp³-hybridized carbons (Fsp3) is 0.250. The third-order valence-electron chi connectivity index (χ3n) is 3.72. The second-order valence-corrected chi connectivity index (χ2v) is 8.78. The van der Waals surface area contributed by atoms with Crippen molar-refractivity contribution in [2.75, 3.05) is 17.8 Å². The van der Waals surface area contributed by atoms with Gasteiger partial charge in [0, 0.05) is 0 Å². The molecule has 7 nitrogen and oxygen atoms in total. The molecule has 1 aromatic carbocycles. The Balaban J connectivity index is 1.98. The number of ether oxygens (including phenoxy) is 2. The number of thiophene rings is 1. The summed E-state index contributed by atoms with van der Waals surface area (Å²) >= 11 is 0.723. The van der Waals surface area contributed by atoms with Crippen molar-refractivity contribution in [3.05, 3.63) is 40.8 Å². The van der Waals surface area contributed by atoms with Crippen molar-refractivity contribution in [1.82, 2.24) is 0 Å². The van der Waals surface area contributed by atoms with Gasteiger partial charge in [0.15, 0.2) is 9.84 Å². The number of amides is 1. The Kier molecular flexibility index (Phi) is 5.16. The summed E-state index contributed by atoms with van der Waals surface area (Å²) in [6.45, 7) is -3.06. The number of sulfone groups is 1. The molecule has 0 radical (unpaired) electrons. The van der Waals surface area contributed by atoms with E-state index >= 15 is 0 Å². The van der Waals surface area contributed by atoms with E-state index in [9.17, 15) is 26.8 Å². The number of esters is 1. The summed E-state index contributed by atoms with van der Waals surface area (Å²) < 4.78 is 58.1. The molecule has 0 N–H and O–H groups in total. The molecule has 0 saturated heterocycles. The van der Waals surface area contributed by atoms with Gasteiger partial charge in [-0.05, 0) is 23.8 Å². The standard InChI is InChI=1S/C16H13F2NO6S2/c1-24-14(21)12-6-11-15(26-12)27(22,23)8-13(20)19(11)7-9-3-2-4-10(5-9)25-16(17)18/h2-6,16H,7-8H2,1H3. The number of carbonyl (C=O) groups is 2. The zero-order valence-corrected chi connectivity index (χ0v) is 15.5. The highest BCUT2D eigenvalue weighted by Gasteiger charge is 2.38. The summed E-state index contributed by atoms with van der Waals surface area (Å²) in [6.07, 6.45) is 0. The Bertz CT molecular complexity index is 1000. The molecule has 2 aromatic rings. The quantitative estimate of drug-likeness (QED) is 0.695. The van der Waals surface area contributed by atoms with E-state index in [0.29, 0.717) is 5.56 Å². The van der Waals surface area contributed by atoms with Crippen LogP contribution in [0.2, 0.25) is 0 Å². The number of methoxy groups -OCH3 is 1. The van der Waals surface area contributed by atoms with Crippen LogP contribution in [0.1, 0.15) is 15.2 Å². The van der Waals surface area contributed by atoms with Gasteiger partial charge in [-0.3, -0.25) is 4.79 Å². The first kappa shape index (κ1) is 19.2. The van der Waals surface area contributed by atoms with Gasteiger partial charge in [-0.15, -0.1) is 11.3 Å². The molecule has 1 aliphatic rings. The summed E-state index contributed by atoms with van der Waals surface area (Å²) in [4.78, 5) is 25.3. The number of carbonyl (C=O) groups excluding carboxylic acids is 2. The lowest BCUT2D eigenvalue weighted by atomic mass is 10.2. The Hall–Kier alpha value is -2.53. The molecule has 0 saturated carbocycles. The summed E-state index contributed by atoms with van der Waals surface area (Å²) in [6, 6.07) is 7.01. The lowest BCUT2D eigenvalue weighted by Crippen LogP contribution is -2.39. The van der Waals surface area contributed by atoms with Gasteiger partial charge < -0.3 is 14.4 Å². The first-order valence-electron chi connectivity index (χ1n) is 7.50. The molecule has 2 heterocycles. The van der Waals surface area contributed by atoms with E-state index in [1.165, 1.54) is 29.2 Å². The summed E-state index contributed by atoms with van der Waals surface area (Å²) in [7, 11) is -2.71. The van der Waals surface area contributed by atoms with Crippen molar-refractivity contribution < 1.29 is 36.3 Å². The van der Waals surface area contributed by atoms with Gasteiger partial charge in [0.1, 0.15) is 20.6 Å². The van der Waals surface area contributed by atoms with E-state index in [1.54, 1.807) is 6.07 Å². The molecule has 0 fully saturated rings. The topological polar surface area (TPSA) is 90.0 Å². The van der Waals surface area contributed by atoms with Crippen LogP contribution in [-0.4, -0.2) is 39.8 Å². The lowest BCUT2D eigenvalue weighted by molar-refractivity contribution is -0.116. The van der Waals surface area contributed by atoms with Crippen molar-refractivity contribution in [3.63, 3.8) is 0 Å². The van der Waals surface area contributed by atoms with Crippen molar-refractivity contribution in [3.8, 4) is 5.75 Å². The average molecular weight is 417 g/mol. The average Bonchev–Trinajstić information content (AvgIpc) is 3.04. The number of fused-ring (bicyclic) bond motifs is 1. The second-order valence-electron chi connectivity index (χ2n) is 5.54. The normalized spacial score (nSPS) is 15.6. The van der Waals surface area contributed by atoms with Crippen molar-refractivity contribution in [1.29, 1.82) is 0 Å². The monoisotopic (exact) mass is 417 g/mol. The van der Waals surface area contributed by atoms with Crippen LogP contribution in [0.3, 0.4) is 0 Å². The number of hydrogen-bond acceptors (Lipinski definition) is 7. The van der Waals surface area contributed by atoms with Crippen molar-refractivity contribution in [2.45, 2.75) is 17.4 Å². The molecular weight excluding hydrogens is 404 g/mol. The predicted octanol–water partition coefficient (Wildman–Crippen LogP) is 2.46. The van der Waals surface area contributed by atoms with Gasteiger partial charge in [0.2, 0.25) is 5.91 Å². The Labute approximate surface area is 157 Å². The van der Waals surface area contributed by atoms with Gasteiger partial charge in [-0.1, -0.05) is 12.1 Å². The molecule has 1 aliphatic heterocycles. The largest absolute Gasteiger partial charge is 0.465 e. The van der Waals surface area contributed by atoms with E-state index in [-0.39, 0.29) is 27.1 Å². The number of rotatable bonds is 5. The summed E-state index contributed by atoms with van der Waals surface area (Å²) in [5.41, 5.74) is 0.523. The maximum Gasteiger partial charge on any atom is 0.387 e. The highest BCUT2D eigenvalue weighted by molar-refractivity contribution is 7.94. The molecule has 0 aliphatic carbocycles. The second kappa shape index (κ2) is 7.24. The Morgan fingerprint density at radius 3 is 2.74 bits per heavy atom. The first-order chi connectivity index (χ1) is 12.7. The van der Waals surface area contributed by atoms with E-state index in [1.807, 2.05) is 0 Å². The number of benzene rings is 1. The van der Waals surface area contributed by atoms with E-state index in [2.05, 4.69) is 9.47 Å². The van der Waals surface area contributed by atoms with Crippen LogP contribution in [-0.2, 0) is 25.9 Å². The van der Waals surface area contributed by atoms with Gasteiger partial charge in [0.05, 0.1) is 19.3 Å². The molecule has 3 rings (SSSR count). The number of hydrogen-bond donors (Lipinski definition) is 0. The van der Waals surface area contributed by atoms with Crippen LogP contribution in [0.15, 0.2) is 34.5 Å². The number of halogens is 2. The number of nitrogens with zero attached hydrogens (tertiary/aromatic N) is 1. The van der Waals surface area contributed by atoms with Crippen LogP contribution in [0.4, 0.5) is 14.5 Å². The molecule has 27 heavy (non-hydrogen) atoms. The Morgan fingerprint density at radius 2 is 2.07 bits per heavy atom. The van der Waals surface area contributed by atoms with Crippen LogP contribution >= 0.6 is 11.3 Å². The Morgan fingerprint density at radius 1 is 1.33 bits per heavy atom. The van der Waals surface area contributed by atoms with Crippen LogP contribution in [0.25, 0.3) is 0 Å². The molecular formula is C16H13F2NO6S2. The summed E-state index contributed by atoms with van der Waals surface area (Å²) in [5.74, 6) is -2.23. The molecule has 0 atom stereocenters. The van der Waals surface area contributed by atoms with E-state index in [4.69, 9.17) is 0 Å². The predicted molar refractivity (Wildman–Crippen MR) is 92.0 cm³/mol. The smallest absolute Gasteiger partial charge is 0.387 e. The highest BCUT2D eigenvalue weighted by atomic mass is 32.2. The van der Waals surface area contributed by atoms with Crippen molar-refractivity contribution >= 4 is 38.7 Å². The number of anilines is 1. The molecule has 0 unspecified atom stereocenters. The zero-order chi connectivity index (χ0) is 19.8. The third-order valence-corrected chi connectivity index (χ3v) is 7.03. The van der Waals surface area contributed by atoms with Gasteiger partial charge >= 0.3 is 12.6 Å². The van der Waals surface area contributed by atoms with Crippen molar-refractivity contribution in [2.24, 2.45) is 0 Å². The maximum absolute atomic E-state index is 12.4. The SMILES string of the molecule is COC(=O)c1cc2c(s1)S(=O)(=O)CC(=O)N2Cc1cccc(OC(F)F)c1. The molecule has 1 aromatic heterocycles. The minimum absolute atomic E-state index is 0.0422.